The monoisotopic (exact) mass is 538 g/mol. The van der Waals surface area contributed by atoms with Gasteiger partial charge in [-0.15, -0.1) is 0 Å². The van der Waals surface area contributed by atoms with Crippen LogP contribution in [0, 0.1) is 5.82 Å². The minimum atomic E-state index is -1.13. The molecule has 1 aliphatic heterocycles. The largest absolute Gasteiger partial charge is 0.456 e. The van der Waals surface area contributed by atoms with Crippen molar-refractivity contribution in [2.24, 2.45) is 0 Å². The molecule has 0 bridgehead atoms. The summed E-state index contributed by atoms with van der Waals surface area (Å²) in [6.07, 6.45) is 6.34. The highest BCUT2D eigenvalue weighted by molar-refractivity contribution is 7.85. The minimum Gasteiger partial charge on any atom is -0.456 e. The van der Waals surface area contributed by atoms with Crippen molar-refractivity contribution >= 4 is 33.8 Å². The maximum atomic E-state index is 14.0. The molecule has 0 radical (unpaired) electrons. The molecule has 1 amide bonds. The molecule has 0 spiro atoms. The zero-order valence-electron chi connectivity index (χ0n) is 21.8. The fourth-order valence-corrected chi connectivity index (χ4v) is 4.94. The van der Waals surface area contributed by atoms with Gasteiger partial charge in [0.15, 0.2) is 0 Å². The number of rotatable bonds is 7. The molecular weight excluding hydrogens is 507 g/mol. The Labute approximate surface area is 223 Å². The first kappa shape index (κ1) is 27.4. The summed E-state index contributed by atoms with van der Waals surface area (Å²) in [6, 6.07) is 12.1. The van der Waals surface area contributed by atoms with Crippen LogP contribution in [-0.4, -0.2) is 43.8 Å². The van der Waals surface area contributed by atoms with Crippen LogP contribution in [0.25, 0.3) is 10.9 Å². The third-order valence-electron chi connectivity index (χ3n) is 5.94. The van der Waals surface area contributed by atoms with Crippen LogP contribution in [-0.2, 0) is 32.3 Å². The third-order valence-corrected chi connectivity index (χ3v) is 7.54. The van der Waals surface area contributed by atoms with Gasteiger partial charge >= 0.3 is 0 Å². The number of nitrogens with one attached hydrogen (secondary N) is 1. The van der Waals surface area contributed by atoms with Crippen LogP contribution in [0.15, 0.2) is 66.0 Å². The van der Waals surface area contributed by atoms with Crippen LogP contribution in [0.4, 0.5) is 10.1 Å². The van der Waals surface area contributed by atoms with Gasteiger partial charge in [-0.25, -0.2) is 4.39 Å². The first-order valence-corrected chi connectivity index (χ1v) is 13.5. The summed E-state index contributed by atoms with van der Waals surface area (Å²) < 4.78 is 39.4. The fraction of sp³-hybridized carbons (Fsp3) is 0.321. The maximum Gasteiger partial charge on any atom is 0.211 e. The zero-order valence-corrected chi connectivity index (χ0v) is 22.6. The summed E-state index contributed by atoms with van der Waals surface area (Å²) in [7, 11) is -1.13. The average molecular weight is 539 g/mol. The normalized spacial score (nSPS) is 14.2. The van der Waals surface area contributed by atoms with E-state index < -0.39 is 10.8 Å². The lowest BCUT2D eigenvalue weighted by atomic mass is 10.1. The van der Waals surface area contributed by atoms with E-state index in [9.17, 15) is 13.4 Å². The van der Waals surface area contributed by atoms with Crippen molar-refractivity contribution in [3.8, 4) is 11.5 Å². The van der Waals surface area contributed by atoms with E-state index in [2.05, 4.69) is 15.4 Å². The summed E-state index contributed by atoms with van der Waals surface area (Å²) >= 11 is 0. The van der Waals surface area contributed by atoms with E-state index in [1.807, 2.05) is 45.9 Å². The maximum absolute atomic E-state index is 14.0. The van der Waals surface area contributed by atoms with E-state index in [0.29, 0.717) is 43.1 Å². The number of hydrogen-bond donors (Lipinski definition) is 1. The summed E-state index contributed by atoms with van der Waals surface area (Å²) in [6.45, 7) is 9.08. The number of ether oxygens (including phenoxy) is 2. The zero-order chi connectivity index (χ0) is 27.3. The lowest BCUT2D eigenvalue weighted by molar-refractivity contribution is -0.105. The van der Waals surface area contributed by atoms with Gasteiger partial charge < -0.3 is 14.8 Å². The van der Waals surface area contributed by atoms with Gasteiger partial charge in [-0.05, 0) is 63.1 Å². The fourth-order valence-electron chi connectivity index (χ4n) is 3.68. The van der Waals surface area contributed by atoms with Crippen molar-refractivity contribution < 1.29 is 22.9 Å². The van der Waals surface area contributed by atoms with Crippen molar-refractivity contribution in [3.63, 3.8) is 0 Å². The van der Waals surface area contributed by atoms with Gasteiger partial charge in [0, 0.05) is 28.7 Å². The van der Waals surface area contributed by atoms with Gasteiger partial charge in [0.25, 0.3) is 0 Å². The smallest absolute Gasteiger partial charge is 0.211 e. The molecule has 2 aromatic heterocycles. The summed E-state index contributed by atoms with van der Waals surface area (Å²) in [4.78, 5) is 15.1. The number of carbonyl (C=O) groups is 1. The molecule has 1 fully saturated rings. The molecule has 1 aliphatic rings. The highest BCUT2D eigenvalue weighted by Crippen LogP contribution is 2.32. The van der Waals surface area contributed by atoms with Gasteiger partial charge in [-0.2, -0.15) is 5.10 Å². The Hall–Kier alpha value is -3.63. The summed E-state index contributed by atoms with van der Waals surface area (Å²) in [5.41, 5.74) is 2.07. The second-order valence-electron chi connectivity index (χ2n) is 9.76. The van der Waals surface area contributed by atoms with Gasteiger partial charge in [0.1, 0.15) is 17.3 Å². The second-order valence-corrected chi connectivity index (χ2v) is 11.5. The Morgan fingerprint density at radius 1 is 1.21 bits per heavy atom. The number of aryl methyl sites for hydroxylation is 1. The molecule has 3 heterocycles. The molecule has 2 aromatic carbocycles. The topological polar surface area (TPSA) is 95.3 Å². The van der Waals surface area contributed by atoms with Crippen LogP contribution in [0.3, 0.4) is 0 Å². The highest BCUT2D eigenvalue weighted by Gasteiger charge is 2.26. The SMILES string of the molecule is CC(C)(C)n1cc(NC=O)cn1.CCc1ccc(Oc2ccnc3ccc(S(=O)C4COC4)cc23)cc1F. The van der Waals surface area contributed by atoms with Gasteiger partial charge in [0.05, 0.1) is 52.2 Å². The summed E-state index contributed by atoms with van der Waals surface area (Å²) in [5, 5.41) is 7.42. The van der Waals surface area contributed by atoms with Crippen molar-refractivity contribution in [1.29, 1.82) is 0 Å². The van der Waals surface area contributed by atoms with Crippen LogP contribution in [0.5, 0.6) is 11.5 Å². The molecule has 4 aromatic rings. The number of carbonyl (C=O) groups excluding carboxylic acids is 1. The van der Waals surface area contributed by atoms with Crippen LogP contribution in [0.1, 0.15) is 33.3 Å². The van der Waals surface area contributed by atoms with E-state index in [1.54, 1.807) is 41.5 Å². The standard InChI is InChI=1S/C20H18FNO3S.C8H13N3O/c1-2-13-3-4-14(9-18(13)21)25-20-7-8-22-19-6-5-15(10-17(19)20)26(23)16-11-24-12-16;1-8(2,3)11-5-7(4-10-11)9-6-12/h3-10,16H,2,11-12H2,1H3;4-6H,1-3H3,(H,9,12). The number of aromatic nitrogens is 3. The van der Waals surface area contributed by atoms with Crippen molar-refractivity contribution in [1.82, 2.24) is 14.8 Å². The molecule has 8 nitrogen and oxygen atoms in total. The van der Waals surface area contributed by atoms with E-state index in [4.69, 9.17) is 9.47 Å². The number of nitrogens with zero attached hydrogens (tertiary/aromatic N) is 3. The highest BCUT2D eigenvalue weighted by atomic mass is 32.2. The van der Waals surface area contributed by atoms with Gasteiger partial charge in [0.2, 0.25) is 6.41 Å². The van der Waals surface area contributed by atoms with Crippen LogP contribution < -0.4 is 10.1 Å². The third kappa shape index (κ3) is 6.43. The Kier molecular flexibility index (Phi) is 8.53. The van der Waals surface area contributed by atoms with Crippen molar-refractivity contribution in [3.05, 3.63) is 72.4 Å². The van der Waals surface area contributed by atoms with E-state index >= 15 is 0 Å². The van der Waals surface area contributed by atoms with E-state index in [-0.39, 0.29) is 16.6 Å². The van der Waals surface area contributed by atoms with Crippen molar-refractivity contribution in [2.75, 3.05) is 18.5 Å². The Morgan fingerprint density at radius 3 is 2.61 bits per heavy atom. The number of pyridine rings is 1. The molecule has 1 saturated heterocycles. The number of benzene rings is 2. The molecule has 0 aliphatic carbocycles. The lowest BCUT2D eigenvalue weighted by Crippen LogP contribution is -2.37. The number of anilines is 1. The van der Waals surface area contributed by atoms with Gasteiger partial charge in [-0.1, -0.05) is 13.0 Å². The van der Waals surface area contributed by atoms with E-state index in [1.165, 1.54) is 6.07 Å². The second kappa shape index (κ2) is 11.8. The first-order valence-electron chi connectivity index (χ1n) is 12.3. The molecule has 1 atom stereocenters. The summed E-state index contributed by atoms with van der Waals surface area (Å²) in [5.74, 6) is 0.698. The van der Waals surface area contributed by atoms with E-state index in [0.717, 1.165) is 21.5 Å². The minimum absolute atomic E-state index is 0.0316. The quantitative estimate of drug-likeness (QED) is 0.315. The van der Waals surface area contributed by atoms with Crippen LogP contribution >= 0.6 is 0 Å². The molecular formula is C28H31FN4O4S. The molecule has 5 rings (SSSR count). The lowest BCUT2D eigenvalue weighted by Gasteiger charge is -2.25. The Bertz CT molecular complexity index is 1450. The Morgan fingerprint density at radius 2 is 2.00 bits per heavy atom. The predicted octanol–water partition coefficient (Wildman–Crippen LogP) is 5.44. The Balaban J connectivity index is 0.000000236. The first-order chi connectivity index (χ1) is 18.2. The van der Waals surface area contributed by atoms with Crippen molar-refractivity contribution in [2.45, 2.75) is 49.8 Å². The van der Waals surface area contributed by atoms with Crippen LogP contribution in [0.2, 0.25) is 0 Å². The molecule has 0 saturated carbocycles. The molecule has 10 heteroatoms. The molecule has 1 N–H and O–H groups in total. The molecule has 1 unspecified atom stereocenters. The van der Waals surface area contributed by atoms with Gasteiger partial charge in [-0.3, -0.25) is 18.7 Å². The number of halogens is 1. The number of fused-ring (bicyclic) bond motifs is 1. The number of hydrogen-bond acceptors (Lipinski definition) is 6. The number of amides is 1. The molecule has 38 heavy (non-hydrogen) atoms. The molecule has 200 valence electrons. The predicted molar refractivity (Wildman–Crippen MR) is 146 cm³/mol. The average Bonchev–Trinajstić information content (AvgIpc) is 3.33.